The van der Waals surface area contributed by atoms with E-state index in [4.69, 9.17) is 34.8 Å². The van der Waals surface area contributed by atoms with E-state index in [0.29, 0.717) is 15.1 Å². The van der Waals surface area contributed by atoms with Crippen LogP contribution in [0.15, 0.2) is 30.3 Å². The summed E-state index contributed by atoms with van der Waals surface area (Å²) in [7, 11) is 0. The Hall–Kier alpha value is 0.0400. The van der Waals surface area contributed by atoms with Crippen LogP contribution in [0.5, 0.6) is 0 Å². The van der Waals surface area contributed by atoms with Crippen LogP contribution in [-0.2, 0) is 0 Å². The van der Waals surface area contributed by atoms with Crippen molar-refractivity contribution >= 4 is 57.4 Å². The van der Waals surface area contributed by atoms with Gasteiger partial charge in [0.1, 0.15) is 0 Å². The molecule has 0 spiro atoms. The van der Waals surface area contributed by atoms with E-state index < -0.39 is 0 Å². The quantitative estimate of drug-likeness (QED) is 0.395. The highest BCUT2D eigenvalue weighted by Crippen LogP contribution is 2.36. The fraction of sp³-hybridized carbons (Fsp3) is 0.0769. The first-order chi connectivity index (χ1) is 7.99. The first-order valence-electron chi connectivity index (χ1n) is 4.90. The second kappa shape index (κ2) is 5.35. The topological polar surface area (TPSA) is 0 Å². The zero-order valence-corrected chi connectivity index (χ0v) is 13.3. The number of hydrogen-bond donors (Lipinski definition) is 0. The SMILES string of the molecule is Cc1ccc(I)c(-c2cc(Cl)c(Cl)c(Cl)c2)c1. The molecule has 2 aromatic rings. The van der Waals surface area contributed by atoms with Gasteiger partial charge in [-0.3, -0.25) is 0 Å². The van der Waals surface area contributed by atoms with E-state index >= 15 is 0 Å². The lowest BCUT2D eigenvalue weighted by atomic mass is 10.0. The van der Waals surface area contributed by atoms with E-state index in [1.807, 2.05) is 12.1 Å². The minimum Gasteiger partial charge on any atom is -0.0826 e. The third-order valence-electron chi connectivity index (χ3n) is 2.42. The molecule has 0 bridgehead atoms. The maximum Gasteiger partial charge on any atom is 0.0778 e. The Morgan fingerprint density at radius 2 is 1.53 bits per heavy atom. The van der Waals surface area contributed by atoms with Crippen LogP contribution in [-0.4, -0.2) is 0 Å². The number of benzene rings is 2. The smallest absolute Gasteiger partial charge is 0.0778 e. The molecule has 2 rings (SSSR count). The number of rotatable bonds is 1. The molecular weight excluding hydrogens is 389 g/mol. The van der Waals surface area contributed by atoms with Crippen LogP contribution in [0.25, 0.3) is 11.1 Å². The predicted octanol–water partition coefficient (Wildman–Crippen LogP) is 6.23. The summed E-state index contributed by atoms with van der Waals surface area (Å²) in [5.74, 6) is 0. The Morgan fingerprint density at radius 3 is 2.12 bits per heavy atom. The molecule has 0 heterocycles. The van der Waals surface area contributed by atoms with E-state index in [9.17, 15) is 0 Å². The molecule has 0 fully saturated rings. The van der Waals surface area contributed by atoms with Crippen molar-refractivity contribution in [1.82, 2.24) is 0 Å². The molecule has 0 unspecified atom stereocenters. The zero-order valence-electron chi connectivity index (χ0n) is 8.90. The summed E-state index contributed by atoms with van der Waals surface area (Å²) in [5, 5.41) is 1.36. The number of halogens is 4. The zero-order chi connectivity index (χ0) is 12.6. The van der Waals surface area contributed by atoms with Gasteiger partial charge in [0.2, 0.25) is 0 Å². The Bertz CT molecular complexity index is 556. The fourth-order valence-electron chi connectivity index (χ4n) is 1.57. The van der Waals surface area contributed by atoms with Crippen molar-refractivity contribution in [2.24, 2.45) is 0 Å². The molecule has 0 saturated heterocycles. The first kappa shape index (κ1) is 13.5. The summed E-state index contributed by atoms with van der Waals surface area (Å²) in [6, 6.07) is 9.93. The van der Waals surface area contributed by atoms with Crippen molar-refractivity contribution in [2.45, 2.75) is 6.92 Å². The molecular formula is C13H8Cl3I. The average Bonchev–Trinajstić information content (AvgIpc) is 2.28. The van der Waals surface area contributed by atoms with Crippen LogP contribution >= 0.6 is 57.4 Å². The van der Waals surface area contributed by atoms with Gasteiger partial charge in [0.15, 0.2) is 0 Å². The second-order valence-corrected chi connectivity index (χ2v) is 6.09. The monoisotopic (exact) mass is 396 g/mol. The first-order valence-corrected chi connectivity index (χ1v) is 7.11. The predicted molar refractivity (Wildman–Crippen MR) is 84.4 cm³/mol. The van der Waals surface area contributed by atoms with E-state index in [1.165, 1.54) is 5.56 Å². The maximum absolute atomic E-state index is 6.04. The van der Waals surface area contributed by atoms with Crippen LogP contribution < -0.4 is 0 Å². The normalized spacial score (nSPS) is 10.6. The van der Waals surface area contributed by atoms with Gasteiger partial charge in [-0.05, 0) is 58.8 Å². The molecule has 0 atom stereocenters. The van der Waals surface area contributed by atoms with E-state index in [0.717, 1.165) is 14.7 Å². The van der Waals surface area contributed by atoms with Crippen molar-refractivity contribution in [1.29, 1.82) is 0 Å². The van der Waals surface area contributed by atoms with Gasteiger partial charge in [0, 0.05) is 3.57 Å². The third kappa shape index (κ3) is 2.90. The molecule has 0 aliphatic carbocycles. The summed E-state index contributed by atoms with van der Waals surface area (Å²) >= 11 is 20.3. The molecule has 0 nitrogen and oxygen atoms in total. The highest BCUT2D eigenvalue weighted by molar-refractivity contribution is 14.1. The van der Waals surface area contributed by atoms with Crippen LogP contribution in [0, 0.1) is 10.5 Å². The van der Waals surface area contributed by atoms with Gasteiger partial charge in [0.25, 0.3) is 0 Å². The summed E-state index contributed by atoms with van der Waals surface area (Å²) < 4.78 is 1.16. The second-order valence-electron chi connectivity index (χ2n) is 3.74. The Balaban J connectivity index is 2.64. The number of aryl methyl sites for hydroxylation is 1. The molecule has 17 heavy (non-hydrogen) atoms. The van der Waals surface area contributed by atoms with E-state index in [2.05, 4.69) is 47.7 Å². The van der Waals surface area contributed by atoms with E-state index in [-0.39, 0.29) is 0 Å². The minimum absolute atomic E-state index is 0.403. The van der Waals surface area contributed by atoms with Crippen molar-refractivity contribution in [3.8, 4) is 11.1 Å². The summed E-state index contributed by atoms with van der Waals surface area (Å²) in [5.41, 5.74) is 3.30. The largest absolute Gasteiger partial charge is 0.0826 e. The molecule has 2 aromatic carbocycles. The summed E-state index contributed by atoms with van der Waals surface area (Å²) in [6.07, 6.45) is 0. The Kier molecular flexibility index (Phi) is 4.24. The highest BCUT2D eigenvalue weighted by atomic mass is 127. The van der Waals surface area contributed by atoms with Gasteiger partial charge in [-0.15, -0.1) is 0 Å². The number of hydrogen-bond acceptors (Lipinski definition) is 0. The Morgan fingerprint density at radius 1 is 0.941 bits per heavy atom. The lowest BCUT2D eigenvalue weighted by Gasteiger charge is -2.09. The molecule has 0 aromatic heterocycles. The van der Waals surface area contributed by atoms with Gasteiger partial charge in [-0.1, -0.05) is 52.5 Å². The van der Waals surface area contributed by atoms with E-state index in [1.54, 1.807) is 0 Å². The molecule has 4 heteroatoms. The standard InChI is InChI=1S/C13H8Cl3I/c1-7-2-3-12(17)9(4-7)8-5-10(14)13(16)11(15)6-8/h2-6H,1H3. The molecule has 0 aliphatic heterocycles. The molecule has 0 saturated carbocycles. The molecule has 88 valence electrons. The molecule has 0 amide bonds. The minimum atomic E-state index is 0.403. The van der Waals surface area contributed by atoms with Gasteiger partial charge in [0.05, 0.1) is 15.1 Å². The highest BCUT2D eigenvalue weighted by Gasteiger charge is 2.09. The molecule has 0 N–H and O–H groups in total. The van der Waals surface area contributed by atoms with Gasteiger partial charge in [-0.2, -0.15) is 0 Å². The van der Waals surface area contributed by atoms with Gasteiger partial charge >= 0.3 is 0 Å². The van der Waals surface area contributed by atoms with Crippen molar-refractivity contribution < 1.29 is 0 Å². The van der Waals surface area contributed by atoms with Gasteiger partial charge in [-0.25, -0.2) is 0 Å². The van der Waals surface area contributed by atoms with Crippen LogP contribution in [0.1, 0.15) is 5.56 Å². The van der Waals surface area contributed by atoms with Crippen LogP contribution in [0.4, 0.5) is 0 Å². The fourth-order valence-corrected chi connectivity index (χ4v) is 2.81. The summed E-state index contributed by atoms with van der Waals surface area (Å²) in [6.45, 7) is 2.05. The lowest BCUT2D eigenvalue weighted by Crippen LogP contribution is -1.86. The van der Waals surface area contributed by atoms with Crippen molar-refractivity contribution in [2.75, 3.05) is 0 Å². The molecule has 0 aliphatic rings. The van der Waals surface area contributed by atoms with Crippen LogP contribution in [0.3, 0.4) is 0 Å². The Labute approximate surface area is 129 Å². The third-order valence-corrected chi connectivity index (χ3v) is 4.55. The summed E-state index contributed by atoms with van der Waals surface area (Å²) in [4.78, 5) is 0. The average molecular weight is 397 g/mol. The molecule has 0 radical (unpaired) electrons. The van der Waals surface area contributed by atoms with Crippen molar-refractivity contribution in [3.05, 3.63) is 54.5 Å². The maximum atomic E-state index is 6.04. The van der Waals surface area contributed by atoms with Crippen molar-refractivity contribution in [3.63, 3.8) is 0 Å². The lowest BCUT2D eigenvalue weighted by molar-refractivity contribution is 1.45. The van der Waals surface area contributed by atoms with Gasteiger partial charge < -0.3 is 0 Å². The van der Waals surface area contributed by atoms with Crippen LogP contribution in [0.2, 0.25) is 15.1 Å².